The Balaban J connectivity index is 1.94. The highest BCUT2D eigenvalue weighted by Crippen LogP contribution is 2.34. The fourth-order valence-corrected chi connectivity index (χ4v) is 2.74. The Bertz CT molecular complexity index is 813. The SMILES string of the molecule is Cc1c(C(O)NCCN)c[nH]c1/C=C1\C(=O)Nc2ccc(F)cc21. The number of hydrogen-bond acceptors (Lipinski definition) is 4. The molecule has 1 aromatic heterocycles. The Labute approximate surface area is 138 Å². The molecule has 126 valence electrons. The number of amides is 1. The van der Waals surface area contributed by atoms with Gasteiger partial charge in [0.2, 0.25) is 0 Å². The first-order valence-electron chi connectivity index (χ1n) is 7.63. The van der Waals surface area contributed by atoms with Gasteiger partial charge < -0.3 is 21.1 Å². The van der Waals surface area contributed by atoms with Crippen LogP contribution in [0.5, 0.6) is 0 Å². The van der Waals surface area contributed by atoms with Crippen LogP contribution < -0.4 is 16.4 Å². The fourth-order valence-electron chi connectivity index (χ4n) is 2.74. The molecule has 3 rings (SSSR count). The summed E-state index contributed by atoms with van der Waals surface area (Å²) in [6, 6.07) is 4.17. The molecule has 1 aliphatic heterocycles. The second kappa shape index (κ2) is 6.56. The number of aromatic amines is 1. The highest BCUT2D eigenvalue weighted by Gasteiger charge is 2.25. The summed E-state index contributed by atoms with van der Waals surface area (Å²) in [7, 11) is 0. The second-order valence-electron chi connectivity index (χ2n) is 5.63. The zero-order valence-electron chi connectivity index (χ0n) is 13.2. The first-order valence-corrected chi connectivity index (χ1v) is 7.63. The topological polar surface area (TPSA) is 103 Å². The molecule has 0 saturated carbocycles. The minimum Gasteiger partial charge on any atom is -0.374 e. The molecule has 6 nitrogen and oxygen atoms in total. The highest BCUT2D eigenvalue weighted by atomic mass is 19.1. The van der Waals surface area contributed by atoms with Gasteiger partial charge in [0.25, 0.3) is 5.91 Å². The monoisotopic (exact) mass is 330 g/mol. The molecule has 1 aromatic carbocycles. The summed E-state index contributed by atoms with van der Waals surface area (Å²) in [4.78, 5) is 15.2. The smallest absolute Gasteiger partial charge is 0.256 e. The van der Waals surface area contributed by atoms with Gasteiger partial charge in [-0.25, -0.2) is 4.39 Å². The number of H-pyrrole nitrogens is 1. The third kappa shape index (κ3) is 2.96. The molecule has 6 N–H and O–H groups in total. The van der Waals surface area contributed by atoms with Crippen LogP contribution in [0.3, 0.4) is 0 Å². The van der Waals surface area contributed by atoms with E-state index >= 15 is 0 Å². The minimum absolute atomic E-state index is 0.284. The number of nitrogens with one attached hydrogen (secondary N) is 3. The number of aromatic nitrogens is 1. The van der Waals surface area contributed by atoms with Gasteiger partial charge in [0.1, 0.15) is 12.0 Å². The van der Waals surface area contributed by atoms with Crippen molar-refractivity contribution in [2.24, 2.45) is 5.73 Å². The van der Waals surface area contributed by atoms with E-state index < -0.39 is 12.0 Å². The third-order valence-electron chi connectivity index (χ3n) is 4.05. The molecular weight excluding hydrogens is 311 g/mol. The van der Waals surface area contributed by atoms with E-state index in [9.17, 15) is 14.3 Å². The first kappa shape index (κ1) is 16.4. The summed E-state index contributed by atoms with van der Waals surface area (Å²) in [6.45, 7) is 2.74. The predicted octanol–water partition coefficient (Wildman–Crippen LogP) is 1.49. The molecule has 0 spiro atoms. The molecule has 1 atom stereocenters. The van der Waals surface area contributed by atoms with Crippen molar-refractivity contribution in [2.75, 3.05) is 18.4 Å². The van der Waals surface area contributed by atoms with Gasteiger partial charge in [-0.2, -0.15) is 0 Å². The average Bonchev–Trinajstić information content (AvgIpc) is 3.06. The molecule has 24 heavy (non-hydrogen) atoms. The average molecular weight is 330 g/mol. The summed E-state index contributed by atoms with van der Waals surface area (Å²) in [5.74, 6) is -0.686. The zero-order valence-corrected chi connectivity index (χ0v) is 13.2. The number of aliphatic hydroxyl groups is 1. The molecule has 0 radical (unpaired) electrons. The van der Waals surface area contributed by atoms with Crippen molar-refractivity contribution in [3.63, 3.8) is 0 Å². The van der Waals surface area contributed by atoms with E-state index in [0.29, 0.717) is 41.2 Å². The van der Waals surface area contributed by atoms with Gasteiger partial charge in [-0.1, -0.05) is 0 Å². The lowest BCUT2D eigenvalue weighted by Crippen LogP contribution is -2.27. The summed E-state index contributed by atoms with van der Waals surface area (Å²) < 4.78 is 13.5. The quantitative estimate of drug-likeness (QED) is 0.423. The number of fused-ring (bicyclic) bond motifs is 1. The van der Waals surface area contributed by atoms with Gasteiger partial charge in [-0.3, -0.25) is 10.1 Å². The molecule has 0 aliphatic carbocycles. The number of carbonyl (C=O) groups excluding carboxylic acids is 1. The lowest BCUT2D eigenvalue weighted by Gasteiger charge is -2.11. The predicted molar refractivity (Wildman–Crippen MR) is 90.4 cm³/mol. The number of rotatable bonds is 5. The van der Waals surface area contributed by atoms with E-state index in [1.165, 1.54) is 18.2 Å². The number of halogens is 1. The van der Waals surface area contributed by atoms with Crippen LogP contribution in [0.25, 0.3) is 11.6 Å². The van der Waals surface area contributed by atoms with Gasteiger partial charge >= 0.3 is 0 Å². The standard InChI is InChI=1S/C17H19FN4O2/c1-9-13(16(23)20-5-4-19)8-21-15(9)7-12-11-6-10(18)2-3-14(11)22-17(12)24/h2-3,6-8,16,20-21,23H,4-5,19H2,1H3,(H,22,24)/b12-7-. The van der Waals surface area contributed by atoms with Crippen molar-refractivity contribution in [3.8, 4) is 0 Å². The largest absolute Gasteiger partial charge is 0.374 e. The van der Waals surface area contributed by atoms with Crippen LogP contribution in [0.15, 0.2) is 24.4 Å². The summed E-state index contributed by atoms with van der Waals surface area (Å²) in [6.07, 6.45) is 2.49. The maximum Gasteiger partial charge on any atom is 0.256 e. The van der Waals surface area contributed by atoms with Crippen LogP contribution >= 0.6 is 0 Å². The van der Waals surface area contributed by atoms with Crippen LogP contribution in [0, 0.1) is 12.7 Å². The van der Waals surface area contributed by atoms with Gasteiger partial charge in [0.15, 0.2) is 0 Å². The van der Waals surface area contributed by atoms with Crippen molar-refractivity contribution < 1.29 is 14.3 Å². The van der Waals surface area contributed by atoms with Crippen LogP contribution in [0.2, 0.25) is 0 Å². The van der Waals surface area contributed by atoms with Crippen molar-refractivity contribution >= 4 is 23.2 Å². The molecule has 2 heterocycles. The number of carbonyl (C=O) groups is 1. The molecule has 1 aliphatic rings. The number of hydrogen-bond donors (Lipinski definition) is 5. The first-order chi connectivity index (χ1) is 11.5. The Morgan fingerprint density at radius 2 is 2.25 bits per heavy atom. The summed E-state index contributed by atoms with van der Waals surface area (Å²) >= 11 is 0. The normalized spacial score (nSPS) is 16.3. The van der Waals surface area contributed by atoms with Gasteiger partial charge in [0, 0.05) is 41.8 Å². The molecule has 7 heteroatoms. The molecule has 0 saturated heterocycles. The van der Waals surface area contributed by atoms with Gasteiger partial charge in [-0.15, -0.1) is 0 Å². The van der Waals surface area contributed by atoms with E-state index in [2.05, 4.69) is 15.6 Å². The van der Waals surface area contributed by atoms with Crippen LogP contribution in [-0.4, -0.2) is 29.1 Å². The van der Waals surface area contributed by atoms with E-state index in [-0.39, 0.29) is 5.91 Å². The summed E-state index contributed by atoms with van der Waals surface area (Å²) in [5.41, 5.74) is 9.06. The third-order valence-corrected chi connectivity index (χ3v) is 4.05. The lowest BCUT2D eigenvalue weighted by molar-refractivity contribution is -0.110. The number of benzene rings is 1. The molecule has 2 aromatic rings. The fraction of sp³-hybridized carbons (Fsp3) is 0.235. The van der Waals surface area contributed by atoms with Crippen molar-refractivity contribution in [3.05, 3.63) is 52.6 Å². The Hall–Kier alpha value is -2.48. The van der Waals surface area contributed by atoms with Crippen LogP contribution in [0.1, 0.15) is 28.6 Å². The number of anilines is 1. The Kier molecular flexibility index (Phi) is 4.48. The minimum atomic E-state index is -0.848. The van der Waals surface area contributed by atoms with Gasteiger partial charge in [0.05, 0.1) is 5.57 Å². The van der Waals surface area contributed by atoms with Crippen LogP contribution in [-0.2, 0) is 4.79 Å². The van der Waals surface area contributed by atoms with Gasteiger partial charge in [-0.05, 0) is 36.8 Å². The van der Waals surface area contributed by atoms with E-state index in [4.69, 9.17) is 5.73 Å². The second-order valence-corrected chi connectivity index (χ2v) is 5.63. The van der Waals surface area contributed by atoms with Crippen molar-refractivity contribution in [2.45, 2.75) is 13.2 Å². The Morgan fingerprint density at radius 1 is 1.46 bits per heavy atom. The maximum absolute atomic E-state index is 13.5. The van der Waals surface area contributed by atoms with E-state index in [1.807, 2.05) is 6.92 Å². The maximum atomic E-state index is 13.5. The molecular formula is C17H19FN4O2. The number of nitrogens with two attached hydrogens (primary N) is 1. The summed E-state index contributed by atoms with van der Waals surface area (Å²) in [5, 5.41) is 15.7. The Morgan fingerprint density at radius 3 is 3.00 bits per heavy atom. The molecule has 1 unspecified atom stereocenters. The molecule has 1 amide bonds. The molecule has 0 fully saturated rings. The van der Waals surface area contributed by atoms with E-state index in [0.717, 1.165) is 5.56 Å². The zero-order chi connectivity index (χ0) is 17.3. The van der Waals surface area contributed by atoms with E-state index in [1.54, 1.807) is 12.3 Å². The number of aliphatic hydroxyl groups excluding tert-OH is 1. The molecule has 0 bridgehead atoms. The van der Waals surface area contributed by atoms with Crippen molar-refractivity contribution in [1.29, 1.82) is 0 Å². The lowest BCUT2D eigenvalue weighted by atomic mass is 10.0. The highest BCUT2D eigenvalue weighted by molar-refractivity contribution is 6.34. The van der Waals surface area contributed by atoms with Crippen molar-refractivity contribution in [1.82, 2.24) is 10.3 Å². The van der Waals surface area contributed by atoms with Crippen LogP contribution in [0.4, 0.5) is 10.1 Å².